The normalized spacial score (nSPS) is 12.5. The maximum Gasteiger partial charge on any atom is 0.320 e. The van der Waals surface area contributed by atoms with Crippen molar-refractivity contribution in [3.05, 3.63) is 15.9 Å². The molecule has 1 unspecified atom stereocenters. The molecule has 0 radical (unpaired) electrons. The molecule has 1 rings (SSSR count). The van der Waals surface area contributed by atoms with Crippen LogP contribution in [0.1, 0.15) is 25.2 Å². The second kappa shape index (κ2) is 8.01. The van der Waals surface area contributed by atoms with E-state index in [2.05, 4.69) is 60.9 Å². The highest BCUT2D eigenvalue weighted by atomic mass is 79.9. The summed E-state index contributed by atoms with van der Waals surface area (Å²) in [5.41, 5.74) is 2.16. The number of hydrogen-bond donors (Lipinski definition) is 1. The van der Waals surface area contributed by atoms with E-state index in [-0.39, 0.29) is 10.8 Å². The second-order valence-corrected chi connectivity index (χ2v) is 5.90. The Morgan fingerprint density at radius 2 is 2.21 bits per heavy atom. The van der Waals surface area contributed by atoms with Gasteiger partial charge in [-0.15, -0.1) is 0 Å². The smallest absolute Gasteiger partial charge is 0.320 e. The van der Waals surface area contributed by atoms with Crippen LogP contribution < -0.4 is 5.32 Å². The lowest BCUT2D eigenvalue weighted by Gasteiger charge is -2.10. The predicted octanol–water partition coefficient (Wildman–Crippen LogP) is 2.25. The predicted molar refractivity (Wildman–Crippen MR) is 81.4 cm³/mol. The Hall–Kier alpha value is -0.400. The summed E-state index contributed by atoms with van der Waals surface area (Å²) in [6.45, 7) is 6.13. The highest BCUT2D eigenvalue weighted by molar-refractivity contribution is 9.10. The number of ether oxygens (including phenoxy) is 1. The van der Waals surface area contributed by atoms with Gasteiger partial charge >= 0.3 is 5.97 Å². The number of aryl methyl sites for hydroxylation is 2. The van der Waals surface area contributed by atoms with Crippen LogP contribution in [-0.4, -0.2) is 34.2 Å². The lowest BCUT2D eigenvalue weighted by molar-refractivity contribution is -0.139. The first kappa shape index (κ1) is 16.7. The van der Waals surface area contributed by atoms with Gasteiger partial charge in [0.25, 0.3) is 0 Å². The zero-order valence-corrected chi connectivity index (χ0v) is 14.5. The molecule has 0 aliphatic rings. The minimum Gasteiger partial charge on any atom is -0.468 e. The van der Waals surface area contributed by atoms with E-state index in [1.54, 1.807) is 0 Å². The van der Waals surface area contributed by atoms with Gasteiger partial charge < -0.3 is 10.1 Å². The van der Waals surface area contributed by atoms with E-state index in [1.807, 2.05) is 4.68 Å². The molecule has 0 aliphatic heterocycles. The maximum atomic E-state index is 11.3. The lowest BCUT2D eigenvalue weighted by Crippen LogP contribution is -2.30. The number of nitrogens with zero attached hydrogens (tertiary/aromatic N) is 2. The van der Waals surface area contributed by atoms with Crippen LogP contribution in [-0.2, 0) is 29.0 Å². The van der Waals surface area contributed by atoms with E-state index in [0.717, 1.165) is 28.8 Å². The van der Waals surface area contributed by atoms with Crippen LogP contribution in [0.15, 0.2) is 4.47 Å². The molecule has 0 amide bonds. The molecule has 0 aromatic carbocycles. The fraction of sp³-hybridized carbons (Fsp3) is 0.667. The molecule has 19 heavy (non-hydrogen) atoms. The molecule has 108 valence electrons. The summed E-state index contributed by atoms with van der Waals surface area (Å²) in [6.07, 6.45) is 0.893. The van der Waals surface area contributed by atoms with Crippen LogP contribution in [0.5, 0.6) is 0 Å². The summed E-state index contributed by atoms with van der Waals surface area (Å²) in [7, 11) is 1.38. The van der Waals surface area contributed by atoms with Crippen molar-refractivity contribution in [2.75, 3.05) is 13.7 Å². The fourth-order valence-electron chi connectivity index (χ4n) is 1.71. The average molecular weight is 397 g/mol. The van der Waals surface area contributed by atoms with Crippen LogP contribution in [0.4, 0.5) is 0 Å². The van der Waals surface area contributed by atoms with E-state index in [4.69, 9.17) is 0 Å². The summed E-state index contributed by atoms with van der Waals surface area (Å²) in [5, 5.41) is 7.75. The van der Waals surface area contributed by atoms with E-state index >= 15 is 0 Å². The molecule has 0 bridgehead atoms. The second-order valence-electron chi connectivity index (χ2n) is 4.00. The quantitative estimate of drug-likeness (QED) is 0.567. The number of carbonyl (C=O) groups excluding carboxylic acids is 1. The van der Waals surface area contributed by atoms with E-state index < -0.39 is 0 Å². The third kappa shape index (κ3) is 4.29. The first-order chi connectivity index (χ1) is 9.04. The number of nitrogens with one attached hydrogen (secondary N) is 1. The first-order valence-electron chi connectivity index (χ1n) is 6.21. The fourth-order valence-corrected chi connectivity index (χ4v) is 2.84. The van der Waals surface area contributed by atoms with Gasteiger partial charge in [-0.1, -0.05) is 22.9 Å². The number of aromatic nitrogens is 2. The van der Waals surface area contributed by atoms with Crippen molar-refractivity contribution in [2.45, 2.75) is 38.2 Å². The van der Waals surface area contributed by atoms with Gasteiger partial charge in [-0.3, -0.25) is 9.48 Å². The van der Waals surface area contributed by atoms with Crippen molar-refractivity contribution in [1.82, 2.24) is 15.1 Å². The zero-order valence-electron chi connectivity index (χ0n) is 11.4. The molecule has 0 fully saturated rings. The van der Waals surface area contributed by atoms with Crippen LogP contribution >= 0.6 is 31.9 Å². The Balaban J connectivity index is 2.62. The molecule has 0 spiro atoms. The van der Waals surface area contributed by atoms with Crippen LogP contribution in [0.3, 0.4) is 0 Å². The van der Waals surface area contributed by atoms with Crippen molar-refractivity contribution in [3.63, 3.8) is 0 Å². The molecule has 1 atom stereocenters. The van der Waals surface area contributed by atoms with Gasteiger partial charge in [-0.05, 0) is 29.3 Å². The third-order valence-corrected chi connectivity index (χ3v) is 4.38. The molecule has 0 aliphatic carbocycles. The molecular weight excluding hydrogens is 378 g/mol. The minimum atomic E-state index is -0.333. The molecule has 7 heteroatoms. The Morgan fingerprint density at radius 1 is 1.53 bits per heavy atom. The third-order valence-electron chi connectivity index (χ3n) is 2.77. The van der Waals surface area contributed by atoms with Crippen molar-refractivity contribution in [3.8, 4) is 0 Å². The SMILES string of the molecule is CCc1nn(CC)c(CNCC(Br)C(=O)OC)c1Br. The van der Waals surface area contributed by atoms with Crippen molar-refractivity contribution < 1.29 is 9.53 Å². The van der Waals surface area contributed by atoms with Gasteiger partial charge in [0.05, 0.1) is 23.0 Å². The van der Waals surface area contributed by atoms with E-state index in [1.165, 1.54) is 7.11 Å². The number of hydrogen-bond acceptors (Lipinski definition) is 4. The molecule has 1 aromatic heterocycles. The van der Waals surface area contributed by atoms with Crippen molar-refractivity contribution >= 4 is 37.8 Å². The van der Waals surface area contributed by atoms with Gasteiger partial charge in [0.2, 0.25) is 0 Å². The van der Waals surface area contributed by atoms with E-state index in [0.29, 0.717) is 13.1 Å². The summed E-state index contributed by atoms with van der Waals surface area (Å²) in [4.78, 5) is 10.9. The Bertz CT molecular complexity index is 435. The van der Waals surface area contributed by atoms with Gasteiger partial charge in [-0.2, -0.15) is 5.10 Å². The maximum absolute atomic E-state index is 11.3. The van der Waals surface area contributed by atoms with Gasteiger partial charge in [0, 0.05) is 19.6 Å². The first-order valence-corrected chi connectivity index (χ1v) is 7.92. The van der Waals surface area contributed by atoms with Crippen LogP contribution in [0, 0.1) is 0 Å². The molecule has 5 nitrogen and oxygen atoms in total. The Morgan fingerprint density at radius 3 is 2.74 bits per heavy atom. The van der Waals surface area contributed by atoms with Crippen molar-refractivity contribution in [1.29, 1.82) is 0 Å². The number of halogens is 2. The van der Waals surface area contributed by atoms with Crippen molar-refractivity contribution in [2.24, 2.45) is 0 Å². The highest BCUT2D eigenvalue weighted by Gasteiger charge is 2.17. The average Bonchev–Trinajstić information content (AvgIpc) is 2.74. The van der Waals surface area contributed by atoms with Gasteiger partial charge in [0.15, 0.2) is 0 Å². The molecule has 0 saturated heterocycles. The number of methoxy groups -OCH3 is 1. The minimum absolute atomic E-state index is 0.273. The van der Waals surface area contributed by atoms with Crippen LogP contribution in [0.25, 0.3) is 0 Å². The number of rotatable bonds is 7. The lowest BCUT2D eigenvalue weighted by atomic mass is 10.3. The molecule has 1 aromatic rings. The largest absolute Gasteiger partial charge is 0.468 e. The summed E-state index contributed by atoms with van der Waals surface area (Å²) in [5.74, 6) is -0.273. The summed E-state index contributed by atoms with van der Waals surface area (Å²) >= 11 is 6.87. The molecular formula is C12H19Br2N3O2. The number of carbonyl (C=O) groups is 1. The number of esters is 1. The standard InChI is InChI=1S/C12H19Br2N3O2/c1-4-9-11(14)10(17(5-2)16-9)7-15-6-8(13)12(18)19-3/h8,15H,4-7H2,1-3H3. The number of alkyl halides is 1. The molecule has 1 heterocycles. The highest BCUT2D eigenvalue weighted by Crippen LogP contribution is 2.22. The molecule has 1 N–H and O–H groups in total. The Labute approximate surface area is 130 Å². The zero-order chi connectivity index (χ0) is 14.4. The summed E-state index contributed by atoms with van der Waals surface area (Å²) < 4.78 is 7.67. The van der Waals surface area contributed by atoms with Gasteiger partial charge in [-0.25, -0.2) is 0 Å². The van der Waals surface area contributed by atoms with E-state index in [9.17, 15) is 4.79 Å². The topological polar surface area (TPSA) is 56.2 Å². The summed E-state index contributed by atoms with van der Waals surface area (Å²) in [6, 6.07) is 0. The Kier molecular flexibility index (Phi) is 7.02. The van der Waals surface area contributed by atoms with Gasteiger partial charge in [0.1, 0.15) is 4.83 Å². The monoisotopic (exact) mass is 395 g/mol. The molecule has 0 saturated carbocycles. The van der Waals surface area contributed by atoms with Crippen LogP contribution in [0.2, 0.25) is 0 Å².